The molecule has 1 aromatic heterocycles. The molecule has 0 bridgehead atoms. The van der Waals surface area contributed by atoms with Crippen LogP contribution in [0.15, 0.2) is 65.8 Å². The molecule has 7 heteroatoms. The Bertz CT molecular complexity index is 884. The van der Waals surface area contributed by atoms with Crippen molar-refractivity contribution in [3.05, 3.63) is 72.1 Å². The number of rotatable bonds is 11. The Morgan fingerprint density at radius 2 is 1.76 bits per heavy atom. The van der Waals surface area contributed by atoms with Crippen LogP contribution >= 0.6 is 11.8 Å². The van der Waals surface area contributed by atoms with Crippen LogP contribution in [0.1, 0.15) is 37.6 Å². The topological polar surface area (TPSA) is 69.0 Å². The van der Waals surface area contributed by atoms with Crippen molar-refractivity contribution in [2.45, 2.75) is 37.8 Å². The highest BCUT2D eigenvalue weighted by molar-refractivity contribution is 7.99. The van der Waals surface area contributed by atoms with Crippen molar-refractivity contribution >= 4 is 17.7 Å². The molecule has 0 saturated carbocycles. The molecule has 1 heterocycles. The molecule has 0 fully saturated rings. The maximum atomic E-state index is 11.6. The van der Waals surface area contributed by atoms with Crippen molar-refractivity contribution in [1.29, 1.82) is 0 Å². The molecule has 0 saturated heterocycles. The molecule has 3 rings (SSSR count). The van der Waals surface area contributed by atoms with Gasteiger partial charge >= 0.3 is 0 Å². The number of unbranched alkanes of at least 4 members (excludes halogenated alkanes) is 1. The Morgan fingerprint density at radius 1 is 1.03 bits per heavy atom. The number of hydroxylamine groups is 1. The number of carbonyl (C=O) groups excluding carboxylic acids is 1. The van der Waals surface area contributed by atoms with Gasteiger partial charge in [-0.3, -0.25) is 14.2 Å². The van der Waals surface area contributed by atoms with Crippen molar-refractivity contribution in [3.8, 4) is 5.69 Å². The molecule has 0 unspecified atom stereocenters. The fourth-order valence-corrected chi connectivity index (χ4v) is 3.85. The van der Waals surface area contributed by atoms with Gasteiger partial charge in [-0.05, 0) is 37.5 Å². The first-order chi connectivity index (χ1) is 14.3. The summed E-state index contributed by atoms with van der Waals surface area (Å²) < 4.78 is 2.12. The number of carbonyl (C=O) groups is 1. The van der Waals surface area contributed by atoms with Gasteiger partial charge in [0.05, 0.1) is 6.61 Å². The second-order valence-corrected chi connectivity index (χ2v) is 7.56. The van der Waals surface area contributed by atoms with Gasteiger partial charge in [0.2, 0.25) is 5.91 Å². The molecule has 0 spiro atoms. The van der Waals surface area contributed by atoms with E-state index in [9.17, 15) is 4.79 Å². The zero-order chi connectivity index (χ0) is 20.3. The van der Waals surface area contributed by atoms with Crippen LogP contribution in [-0.4, -0.2) is 33.0 Å². The quantitative estimate of drug-likeness (QED) is 0.292. The minimum atomic E-state index is -0.0746. The molecular formula is C22H26N4O2S. The van der Waals surface area contributed by atoms with E-state index in [1.165, 1.54) is 5.56 Å². The van der Waals surface area contributed by atoms with E-state index in [0.717, 1.165) is 41.7 Å². The van der Waals surface area contributed by atoms with Crippen LogP contribution in [0.2, 0.25) is 0 Å². The molecule has 0 atom stereocenters. The Hall–Kier alpha value is -2.64. The van der Waals surface area contributed by atoms with Crippen LogP contribution in [0.3, 0.4) is 0 Å². The number of hydrogen-bond acceptors (Lipinski definition) is 5. The SMILES string of the molecule is CCONC(=O)CCCCSc1nnc(Cc2ccccc2)n1-c1ccccc1. The number of amides is 1. The summed E-state index contributed by atoms with van der Waals surface area (Å²) in [5, 5.41) is 9.77. The molecule has 29 heavy (non-hydrogen) atoms. The van der Waals surface area contributed by atoms with E-state index in [-0.39, 0.29) is 5.91 Å². The third kappa shape index (κ3) is 6.44. The Morgan fingerprint density at radius 3 is 2.48 bits per heavy atom. The van der Waals surface area contributed by atoms with Gasteiger partial charge in [0.25, 0.3) is 0 Å². The van der Waals surface area contributed by atoms with Crippen molar-refractivity contribution in [2.75, 3.05) is 12.4 Å². The number of thioether (sulfide) groups is 1. The average molecular weight is 411 g/mol. The first-order valence-electron chi connectivity index (χ1n) is 9.85. The highest BCUT2D eigenvalue weighted by Crippen LogP contribution is 2.24. The predicted octanol–water partition coefficient (Wildman–Crippen LogP) is 4.19. The molecule has 1 amide bonds. The van der Waals surface area contributed by atoms with E-state index in [2.05, 4.69) is 44.5 Å². The molecule has 0 aliphatic carbocycles. The van der Waals surface area contributed by atoms with Gasteiger partial charge in [-0.1, -0.05) is 60.3 Å². The third-order valence-corrected chi connectivity index (χ3v) is 5.29. The molecule has 1 N–H and O–H groups in total. The van der Waals surface area contributed by atoms with Crippen molar-refractivity contribution in [1.82, 2.24) is 20.2 Å². The minimum Gasteiger partial charge on any atom is -0.274 e. The largest absolute Gasteiger partial charge is 0.274 e. The van der Waals surface area contributed by atoms with Gasteiger partial charge in [-0.2, -0.15) is 0 Å². The summed E-state index contributed by atoms with van der Waals surface area (Å²) in [5.41, 5.74) is 4.69. The average Bonchev–Trinajstić information content (AvgIpc) is 3.15. The second-order valence-electron chi connectivity index (χ2n) is 6.50. The number of nitrogens with zero attached hydrogens (tertiary/aromatic N) is 3. The van der Waals surface area contributed by atoms with E-state index in [1.54, 1.807) is 11.8 Å². The molecule has 0 aliphatic rings. The van der Waals surface area contributed by atoms with Crippen molar-refractivity contribution in [3.63, 3.8) is 0 Å². The number of hydrogen-bond donors (Lipinski definition) is 1. The van der Waals surface area contributed by atoms with E-state index >= 15 is 0 Å². The minimum absolute atomic E-state index is 0.0746. The van der Waals surface area contributed by atoms with Gasteiger partial charge in [-0.15, -0.1) is 10.2 Å². The highest BCUT2D eigenvalue weighted by atomic mass is 32.2. The number of aromatic nitrogens is 3. The van der Waals surface area contributed by atoms with Crippen LogP contribution in [-0.2, 0) is 16.1 Å². The summed E-state index contributed by atoms with van der Waals surface area (Å²) in [5.74, 6) is 1.72. The van der Waals surface area contributed by atoms with Gasteiger partial charge in [0, 0.05) is 24.3 Å². The summed E-state index contributed by atoms with van der Waals surface area (Å²) in [4.78, 5) is 16.5. The summed E-state index contributed by atoms with van der Waals surface area (Å²) in [6.07, 6.45) is 2.91. The Balaban J connectivity index is 1.63. The van der Waals surface area contributed by atoms with E-state index in [1.807, 2.05) is 43.3 Å². The summed E-state index contributed by atoms with van der Waals surface area (Å²) in [6.45, 7) is 2.31. The third-order valence-electron chi connectivity index (χ3n) is 4.28. The van der Waals surface area contributed by atoms with Crippen molar-refractivity contribution in [2.24, 2.45) is 0 Å². The highest BCUT2D eigenvalue weighted by Gasteiger charge is 2.14. The van der Waals surface area contributed by atoms with Crippen LogP contribution in [0.5, 0.6) is 0 Å². The number of para-hydroxylation sites is 1. The predicted molar refractivity (Wildman–Crippen MR) is 115 cm³/mol. The van der Waals surface area contributed by atoms with Gasteiger partial charge in [0.15, 0.2) is 5.16 Å². The zero-order valence-corrected chi connectivity index (χ0v) is 17.4. The van der Waals surface area contributed by atoms with Gasteiger partial charge < -0.3 is 0 Å². The van der Waals surface area contributed by atoms with Crippen molar-refractivity contribution < 1.29 is 9.63 Å². The smallest absolute Gasteiger partial charge is 0.243 e. The Labute approximate surface area is 175 Å². The summed E-state index contributed by atoms with van der Waals surface area (Å²) in [7, 11) is 0. The van der Waals surface area contributed by atoms with Crippen LogP contribution < -0.4 is 5.48 Å². The van der Waals surface area contributed by atoms with E-state index < -0.39 is 0 Å². The van der Waals surface area contributed by atoms with Crippen LogP contribution in [0.25, 0.3) is 5.69 Å². The van der Waals surface area contributed by atoms with Gasteiger partial charge in [0.1, 0.15) is 5.82 Å². The standard InChI is InChI=1S/C22H26N4O2S/c1-2-28-25-21(27)15-9-10-16-29-22-24-23-20(17-18-11-5-3-6-12-18)26(22)19-13-7-4-8-14-19/h3-8,11-14H,2,9-10,15-17H2,1H3,(H,25,27). The normalized spacial score (nSPS) is 10.8. The summed E-state index contributed by atoms with van der Waals surface area (Å²) >= 11 is 1.67. The lowest BCUT2D eigenvalue weighted by molar-refractivity contribution is -0.133. The fourth-order valence-electron chi connectivity index (χ4n) is 2.88. The van der Waals surface area contributed by atoms with Gasteiger partial charge in [-0.25, -0.2) is 5.48 Å². The Kier molecular flexibility index (Phi) is 8.27. The molecular weight excluding hydrogens is 384 g/mol. The van der Waals surface area contributed by atoms with E-state index in [4.69, 9.17) is 4.84 Å². The second kappa shape index (κ2) is 11.4. The lowest BCUT2D eigenvalue weighted by Gasteiger charge is -2.10. The first kappa shape index (κ1) is 21.1. The van der Waals surface area contributed by atoms with Crippen LogP contribution in [0.4, 0.5) is 0 Å². The number of benzene rings is 2. The fraction of sp³-hybridized carbons (Fsp3) is 0.318. The molecule has 3 aromatic rings. The molecule has 152 valence electrons. The number of nitrogens with one attached hydrogen (secondary N) is 1. The lowest BCUT2D eigenvalue weighted by Crippen LogP contribution is -2.23. The summed E-state index contributed by atoms with van der Waals surface area (Å²) in [6, 6.07) is 20.5. The van der Waals surface area contributed by atoms with Crippen LogP contribution in [0, 0.1) is 0 Å². The maximum Gasteiger partial charge on any atom is 0.243 e. The zero-order valence-electron chi connectivity index (χ0n) is 16.6. The maximum absolute atomic E-state index is 11.6. The molecule has 2 aromatic carbocycles. The molecule has 0 radical (unpaired) electrons. The van der Waals surface area contributed by atoms with E-state index in [0.29, 0.717) is 13.0 Å². The first-order valence-corrected chi connectivity index (χ1v) is 10.8. The molecule has 6 nitrogen and oxygen atoms in total. The lowest BCUT2D eigenvalue weighted by atomic mass is 10.1. The monoisotopic (exact) mass is 410 g/mol. The molecule has 0 aliphatic heterocycles.